The van der Waals surface area contributed by atoms with Crippen molar-refractivity contribution >= 4 is 68.9 Å². The summed E-state index contributed by atoms with van der Waals surface area (Å²) in [5, 5.41) is 32.4. The molecular formula is C44H45BN6O7S. The number of benzene rings is 4. The van der Waals surface area contributed by atoms with Crippen LogP contribution in [0.3, 0.4) is 0 Å². The van der Waals surface area contributed by atoms with Gasteiger partial charge in [-0.2, -0.15) is 0 Å². The molecule has 0 saturated carbocycles. The Balaban J connectivity index is 0.763. The summed E-state index contributed by atoms with van der Waals surface area (Å²) in [5.74, 6) is -0.806. The van der Waals surface area contributed by atoms with Crippen LogP contribution in [0.2, 0.25) is 0 Å². The van der Waals surface area contributed by atoms with Crippen LogP contribution < -0.4 is 20.6 Å². The number of hydrogen-bond donors (Lipinski definition) is 4. The standard InChI is InChI=1S/C44H45BN6O7S/c52-34-10-12-36-38(26-34)59-42(29-1-5-31(6-2-29)45(57)58)40(36)41(54)28-3-7-32(8-4-28)49-21-17-47(18-22-49)15-16-48-19-23-50(24-20-48)33-9-11-35-30(25-33)27-51(44(35)56)37-13-14-39(53)46-43(37)55/h1-12,25-26,37,52,57-58H,13-24,27H2,(H,46,53,55). The van der Waals surface area contributed by atoms with Crippen LogP contribution in [-0.4, -0.2) is 132 Å². The lowest BCUT2D eigenvalue weighted by atomic mass is 9.80. The van der Waals surface area contributed by atoms with E-state index in [-0.39, 0.29) is 29.8 Å². The molecule has 0 bridgehead atoms. The van der Waals surface area contributed by atoms with Crippen LogP contribution in [0.1, 0.15) is 44.7 Å². The zero-order chi connectivity index (χ0) is 40.8. The monoisotopic (exact) mass is 812 g/mol. The fraction of sp³-hybridized carbons (Fsp3) is 0.318. The number of imide groups is 1. The number of phenols is 1. The third-order valence-electron chi connectivity index (χ3n) is 12.2. The maximum absolute atomic E-state index is 14.1. The Morgan fingerprint density at radius 3 is 2.05 bits per heavy atom. The van der Waals surface area contributed by atoms with E-state index < -0.39 is 19.1 Å². The zero-order valence-corrected chi connectivity index (χ0v) is 33.4. The highest BCUT2D eigenvalue weighted by molar-refractivity contribution is 7.22. The first-order chi connectivity index (χ1) is 28.6. The van der Waals surface area contributed by atoms with E-state index in [4.69, 9.17) is 0 Å². The van der Waals surface area contributed by atoms with Gasteiger partial charge < -0.3 is 29.9 Å². The molecule has 4 aromatic carbocycles. The number of anilines is 2. The van der Waals surface area contributed by atoms with Gasteiger partial charge in [-0.3, -0.25) is 34.3 Å². The van der Waals surface area contributed by atoms with Crippen LogP contribution in [-0.2, 0) is 16.1 Å². The Labute approximate surface area is 346 Å². The van der Waals surface area contributed by atoms with Gasteiger partial charge in [0, 0.05) is 121 Å². The molecule has 0 radical (unpaired) electrons. The molecular weight excluding hydrogens is 767 g/mol. The molecule has 1 atom stereocenters. The van der Waals surface area contributed by atoms with Crippen LogP contribution in [0, 0.1) is 0 Å². The van der Waals surface area contributed by atoms with Gasteiger partial charge in [0.05, 0.1) is 0 Å². The summed E-state index contributed by atoms with van der Waals surface area (Å²) in [6, 6.07) is 25.1. The number of aromatic hydroxyl groups is 1. The van der Waals surface area contributed by atoms with Crippen molar-refractivity contribution in [2.75, 3.05) is 75.2 Å². The van der Waals surface area contributed by atoms with Crippen LogP contribution in [0.5, 0.6) is 5.75 Å². The summed E-state index contributed by atoms with van der Waals surface area (Å²) < 4.78 is 0.795. The largest absolute Gasteiger partial charge is 0.508 e. The van der Waals surface area contributed by atoms with Gasteiger partial charge in [0.15, 0.2) is 5.78 Å². The number of amides is 3. The number of fused-ring (bicyclic) bond motifs is 2. The van der Waals surface area contributed by atoms with Crippen molar-refractivity contribution in [2.24, 2.45) is 0 Å². The molecule has 3 fully saturated rings. The molecule has 0 aliphatic carbocycles. The van der Waals surface area contributed by atoms with Crippen molar-refractivity contribution in [3.63, 3.8) is 0 Å². The summed E-state index contributed by atoms with van der Waals surface area (Å²) >= 11 is 1.42. The first-order valence-corrected chi connectivity index (χ1v) is 21.0. The van der Waals surface area contributed by atoms with Gasteiger partial charge in [0.1, 0.15) is 11.8 Å². The Morgan fingerprint density at radius 2 is 1.41 bits per heavy atom. The Bertz CT molecular complexity index is 2420. The van der Waals surface area contributed by atoms with Gasteiger partial charge in [-0.15, -0.1) is 11.3 Å². The molecule has 4 aliphatic rings. The number of phenolic OH excluding ortho intramolecular Hbond substituents is 1. The summed E-state index contributed by atoms with van der Waals surface area (Å²) in [6.45, 7) is 9.76. The minimum Gasteiger partial charge on any atom is -0.508 e. The molecule has 5 heterocycles. The smallest absolute Gasteiger partial charge is 0.488 e. The number of piperazine rings is 2. The maximum atomic E-state index is 14.1. The van der Waals surface area contributed by atoms with Gasteiger partial charge >= 0.3 is 7.12 Å². The first kappa shape index (κ1) is 38.9. The predicted molar refractivity (Wildman–Crippen MR) is 228 cm³/mol. The molecule has 1 aromatic heterocycles. The van der Waals surface area contributed by atoms with Crippen molar-refractivity contribution in [3.8, 4) is 16.2 Å². The normalized spacial score (nSPS) is 19.1. The molecule has 5 aromatic rings. The second kappa shape index (κ2) is 16.2. The summed E-state index contributed by atoms with van der Waals surface area (Å²) in [5.41, 5.74) is 6.02. The van der Waals surface area contributed by atoms with E-state index in [0.29, 0.717) is 35.1 Å². The zero-order valence-electron chi connectivity index (χ0n) is 32.5. The number of piperidine rings is 1. The third kappa shape index (κ3) is 7.84. The van der Waals surface area contributed by atoms with Crippen LogP contribution in [0.4, 0.5) is 11.4 Å². The van der Waals surface area contributed by atoms with Crippen molar-refractivity contribution in [3.05, 3.63) is 107 Å². The number of carbonyl (C=O) groups is 4. The van der Waals surface area contributed by atoms with Gasteiger partial charge in [-0.25, -0.2) is 0 Å². The second-order valence-electron chi connectivity index (χ2n) is 15.8. The van der Waals surface area contributed by atoms with E-state index in [1.807, 2.05) is 36.4 Å². The maximum Gasteiger partial charge on any atom is 0.488 e. The molecule has 4 N–H and O–H groups in total. The quantitative estimate of drug-likeness (QED) is 0.0935. The second-order valence-corrected chi connectivity index (χ2v) is 16.8. The molecule has 3 amide bonds. The minimum atomic E-state index is -1.58. The fourth-order valence-corrected chi connectivity index (χ4v) is 10.0. The van der Waals surface area contributed by atoms with E-state index in [9.17, 15) is 34.3 Å². The number of carbonyl (C=O) groups excluding carboxylic acids is 4. The number of nitrogens with zero attached hydrogens (tertiary/aromatic N) is 5. The van der Waals surface area contributed by atoms with E-state index in [1.54, 1.807) is 47.4 Å². The molecule has 0 spiro atoms. The number of hydrogen-bond acceptors (Lipinski definition) is 12. The van der Waals surface area contributed by atoms with Crippen LogP contribution in [0.15, 0.2) is 84.9 Å². The number of nitrogens with one attached hydrogen (secondary N) is 1. The molecule has 13 nitrogen and oxygen atoms in total. The van der Waals surface area contributed by atoms with Crippen molar-refractivity contribution in [2.45, 2.75) is 25.4 Å². The predicted octanol–water partition coefficient (Wildman–Crippen LogP) is 2.89. The molecule has 59 heavy (non-hydrogen) atoms. The number of rotatable bonds is 10. The Hall–Kier alpha value is -5.58. The van der Waals surface area contributed by atoms with Gasteiger partial charge in [-0.1, -0.05) is 24.3 Å². The number of thiophene rings is 1. The average molecular weight is 813 g/mol. The highest BCUT2D eigenvalue weighted by Gasteiger charge is 2.39. The minimum absolute atomic E-state index is 0.109. The van der Waals surface area contributed by atoms with Crippen LogP contribution in [0.25, 0.3) is 20.5 Å². The van der Waals surface area contributed by atoms with Crippen molar-refractivity contribution in [1.29, 1.82) is 0 Å². The van der Waals surface area contributed by atoms with E-state index in [2.05, 4.69) is 31.0 Å². The molecule has 1 unspecified atom stereocenters. The fourth-order valence-electron chi connectivity index (χ4n) is 8.79. The summed E-state index contributed by atoms with van der Waals surface area (Å²) in [4.78, 5) is 63.5. The lowest BCUT2D eigenvalue weighted by molar-refractivity contribution is -0.136. The molecule has 3 saturated heterocycles. The van der Waals surface area contributed by atoms with E-state index >= 15 is 0 Å². The van der Waals surface area contributed by atoms with Crippen molar-refractivity contribution in [1.82, 2.24) is 20.0 Å². The lowest BCUT2D eigenvalue weighted by Gasteiger charge is -2.39. The average Bonchev–Trinajstić information content (AvgIpc) is 3.79. The first-order valence-electron chi connectivity index (χ1n) is 20.2. The van der Waals surface area contributed by atoms with Gasteiger partial charge in [0.25, 0.3) is 5.91 Å². The topological polar surface area (TPSA) is 157 Å². The molecule has 302 valence electrons. The highest BCUT2D eigenvalue weighted by Crippen LogP contribution is 2.41. The SMILES string of the molecule is O=C1CCC(N2Cc3cc(N4CCN(CCN5CCN(c6ccc(C(=O)c7c(-c8ccc(B(O)O)cc8)sc8cc(O)ccc78)cc6)CC5)CC4)ccc3C2=O)C(=O)N1. The Kier molecular flexibility index (Phi) is 10.7. The summed E-state index contributed by atoms with van der Waals surface area (Å²) in [6.07, 6.45) is 0.601. The highest BCUT2D eigenvalue weighted by atomic mass is 32.1. The van der Waals surface area contributed by atoms with Gasteiger partial charge in [0.2, 0.25) is 11.8 Å². The van der Waals surface area contributed by atoms with Gasteiger partial charge in [-0.05, 0) is 83.7 Å². The van der Waals surface area contributed by atoms with Crippen molar-refractivity contribution < 1.29 is 34.3 Å². The third-order valence-corrected chi connectivity index (χ3v) is 13.4. The molecule has 15 heteroatoms. The molecule has 9 rings (SSSR count). The van der Waals surface area contributed by atoms with Crippen LogP contribution >= 0.6 is 11.3 Å². The van der Waals surface area contributed by atoms with E-state index in [0.717, 1.165) is 103 Å². The summed E-state index contributed by atoms with van der Waals surface area (Å²) in [7, 11) is -1.58. The Morgan fingerprint density at radius 1 is 0.763 bits per heavy atom. The van der Waals surface area contributed by atoms with E-state index in [1.165, 1.54) is 11.3 Å². The molecule has 4 aliphatic heterocycles. The number of ketones is 1. The lowest BCUT2D eigenvalue weighted by Crippen LogP contribution is -2.52.